The van der Waals surface area contributed by atoms with Crippen molar-refractivity contribution in [2.75, 3.05) is 44.9 Å². The van der Waals surface area contributed by atoms with E-state index in [0.717, 1.165) is 0 Å². The van der Waals surface area contributed by atoms with Crippen LogP contribution in [0.5, 0.6) is 11.5 Å². The Labute approximate surface area is 152 Å². The Morgan fingerprint density at radius 1 is 1.38 bits per heavy atom. The molecule has 0 aliphatic carbocycles. The normalized spacial score (nSPS) is 20.2. The predicted molar refractivity (Wildman–Crippen MR) is 93.4 cm³/mol. The maximum absolute atomic E-state index is 12.3. The van der Waals surface area contributed by atoms with E-state index in [2.05, 4.69) is 5.32 Å². The SMILES string of the molecule is COC[C@H](O)CCNC(=O)[C@H]1CC(=O)N(c2ccc3c(c2)OCCO3)C1. The van der Waals surface area contributed by atoms with E-state index >= 15 is 0 Å². The minimum absolute atomic E-state index is 0.0961. The summed E-state index contributed by atoms with van der Waals surface area (Å²) in [5.74, 6) is 0.594. The van der Waals surface area contributed by atoms with Crippen LogP contribution < -0.4 is 19.7 Å². The monoisotopic (exact) mass is 364 g/mol. The molecular formula is C18H24N2O6. The van der Waals surface area contributed by atoms with Crippen molar-refractivity contribution < 1.29 is 28.9 Å². The van der Waals surface area contributed by atoms with Crippen molar-refractivity contribution >= 4 is 17.5 Å². The molecule has 1 saturated heterocycles. The molecule has 2 aliphatic rings. The van der Waals surface area contributed by atoms with Crippen molar-refractivity contribution in [2.45, 2.75) is 18.9 Å². The van der Waals surface area contributed by atoms with Crippen LogP contribution in [0.25, 0.3) is 0 Å². The zero-order valence-corrected chi connectivity index (χ0v) is 14.8. The maximum Gasteiger partial charge on any atom is 0.227 e. The van der Waals surface area contributed by atoms with E-state index in [1.807, 2.05) is 0 Å². The first kappa shape index (κ1) is 18.5. The van der Waals surface area contributed by atoms with Crippen molar-refractivity contribution in [1.29, 1.82) is 0 Å². The molecule has 0 aromatic heterocycles. The van der Waals surface area contributed by atoms with E-state index in [1.54, 1.807) is 23.1 Å². The summed E-state index contributed by atoms with van der Waals surface area (Å²) in [5, 5.41) is 12.4. The number of fused-ring (bicyclic) bond motifs is 1. The van der Waals surface area contributed by atoms with Gasteiger partial charge < -0.3 is 29.5 Å². The molecule has 2 atom stereocenters. The van der Waals surface area contributed by atoms with E-state index in [4.69, 9.17) is 14.2 Å². The molecule has 8 heteroatoms. The van der Waals surface area contributed by atoms with Crippen LogP contribution in [0, 0.1) is 5.92 Å². The lowest BCUT2D eigenvalue weighted by molar-refractivity contribution is -0.126. The molecule has 2 amide bonds. The van der Waals surface area contributed by atoms with Crippen LogP contribution in [0.3, 0.4) is 0 Å². The Balaban J connectivity index is 1.56. The number of aliphatic hydroxyl groups excluding tert-OH is 1. The number of ether oxygens (including phenoxy) is 3. The molecule has 2 aliphatic heterocycles. The number of aliphatic hydroxyl groups is 1. The fraction of sp³-hybridized carbons (Fsp3) is 0.556. The summed E-state index contributed by atoms with van der Waals surface area (Å²) in [7, 11) is 1.51. The second kappa shape index (κ2) is 8.37. The number of carbonyl (C=O) groups excluding carboxylic acids is 2. The van der Waals surface area contributed by atoms with E-state index in [0.29, 0.717) is 49.9 Å². The number of hydrogen-bond acceptors (Lipinski definition) is 6. The Morgan fingerprint density at radius 2 is 2.15 bits per heavy atom. The zero-order chi connectivity index (χ0) is 18.5. The van der Waals surface area contributed by atoms with E-state index < -0.39 is 12.0 Å². The quantitative estimate of drug-likeness (QED) is 0.723. The molecule has 8 nitrogen and oxygen atoms in total. The van der Waals surface area contributed by atoms with Gasteiger partial charge in [0.25, 0.3) is 0 Å². The number of hydrogen-bond donors (Lipinski definition) is 2. The maximum atomic E-state index is 12.3. The summed E-state index contributed by atoms with van der Waals surface area (Å²) >= 11 is 0. The topological polar surface area (TPSA) is 97.3 Å². The van der Waals surface area contributed by atoms with Gasteiger partial charge in [-0.2, -0.15) is 0 Å². The first-order valence-corrected chi connectivity index (χ1v) is 8.73. The van der Waals surface area contributed by atoms with E-state index in [9.17, 15) is 14.7 Å². The zero-order valence-electron chi connectivity index (χ0n) is 14.8. The second-order valence-corrected chi connectivity index (χ2v) is 6.42. The molecule has 2 heterocycles. The minimum atomic E-state index is -0.611. The lowest BCUT2D eigenvalue weighted by Gasteiger charge is -2.22. The number of methoxy groups -OCH3 is 1. The molecule has 0 unspecified atom stereocenters. The highest BCUT2D eigenvalue weighted by atomic mass is 16.6. The number of nitrogens with zero attached hydrogens (tertiary/aromatic N) is 1. The fourth-order valence-electron chi connectivity index (χ4n) is 3.11. The van der Waals surface area contributed by atoms with Crippen LogP contribution in [0.4, 0.5) is 5.69 Å². The van der Waals surface area contributed by atoms with Gasteiger partial charge in [0, 0.05) is 38.4 Å². The highest BCUT2D eigenvalue weighted by Gasteiger charge is 2.35. The van der Waals surface area contributed by atoms with Gasteiger partial charge >= 0.3 is 0 Å². The number of carbonyl (C=O) groups is 2. The number of rotatable bonds is 7. The van der Waals surface area contributed by atoms with Crippen molar-refractivity contribution in [3.63, 3.8) is 0 Å². The van der Waals surface area contributed by atoms with Crippen molar-refractivity contribution in [2.24, 2.45) is 5.92 Å². The van der Waals surface area contributed by atoms with Crippen molar-refractivity contribution in [3.05, 3.63) is 18.2 Å². The molecule has 0 bridgehead atoms. The second-order valence-electron chi connectivity index (χ2n) is 6.42. The Kier molecular flexibility index (Phi) is 5.95. The summed E-state index contributed by atoms with van der Waals surface area (Å²) < 4.78 is 15.9. The van der Waals surface area contributed by atoms with E-state index in [-0.39, 0.29) is 24.8 Å². The smallest absolute Gasteiger partial charge is 0.227 e. The van der Waals surface area contributed by atoms with Gasteiger partial charge in [-0.15, -0.1) is 0 Å². The lowest BCUT2D eigenvalue weighted by atomic mass is 10.1. The molecule has 0 spiro atoms. The van der Waals surface area contributed by atoms with Gasteiger partial charge in [-0.25, -0.2) is 0 Å². The van der Waals surface area contributed by atoms with Crippen LogP contribution in [0.2, 0.25) is 0 Å². The Hall–Kier alpha value is -2.32. The molecule has 2 N–H and O–H groups in total. The lowest BCUT2D eigenvalue weighted by Crippen LogP contribution is -2.35. The Bertz CT molecular complexity index is 665. The molecular weight excluding hydrogens is 340 g/mol. The largest absolute Gasteiger partial charge is 0.486 e. The van der Waals surface area contributed by atoms with Gasteiger partial charge in [0.15, 0.2) is 11.5 Å². The summed E-state index contributed by atoms with van der Waals surface area (Å²) in [5.41, 5.74) is 0.699. The van der Waals surface area contributed by atoms with Gasteiger partial charge in [-0.1, -0.05) is 0 Å². The molecule has 1 fully saturated rings. The molecule has 1 aromatic carbocycles. The third-order valence-corrected chi connectivity index (χ3v) is 4.47. The molecule has 0 saturated carbocycles. The molecule has 142 valence electrons. The highest BCUT2D eigenvalue weighted by Crippen LogP contribution is 2.35. The third-order valence-electron chi connectivity index (χ3n) is 4.47. The molecule has 1 aromatic rings. The number of anilines is 1. The van der Waals surface area contributed by atoms with Crippen LogP contribution in [0.1, 0.15) is 12.8 Å². The van der Waals surface area contributed by atoms with Crippen molar-refractivity contribution in [1.82, 2.24) is 5.32 Å². The molecule has 3 rings (SSSR count). The molecule has 0 radical (unpaired) electrons. The van der Waals surface area contributed by atoms with Crippen LogP contribution in [-0.2, 0) is 14.3 Å². The van der Waals surface area contributed by atoms with Crippen LogP contribution >= 0.6 is 0 Å². The molecule has 26 heavy (non-hydrogen) atoms. The fourth-order valence-corrected chi connectivity index (χ4v) is 3.11. The minimum Gasteiger partial charge on any atom is -0.486 e. The summed E-state index contributed by atoms with van der Waals surface area (Å²) in [6, 6.07) is 5.35. The summed E-state index contributed by atoms with van der Waals surface area (Å²) in [6.45, 7) is 1.89. The van der Waals surface area contributed by atoms with Crippen LogP contribution in [0.15, 0.2) is 18.2 Å². The summed E-state index contributed by atoms with van der Waals surface area (Å²) in [6.07, 6.45) is -0.0350. The average Bonchev–Trinajstić information content (AvgIpc) is 3.03. The number of nitrogens with one attached hydrogen (secondary N) is 1. The van der Waals surface area contributed by atoms with E-state index in [1.165, 1.54) is 7.11 Å². The predicted octanol–water partition coefficient (Wildman–Crippen LogP) is 0.324. The van der Waals surface area contributed by atoms with Gasteiger partial charge in [-0.3, -0.25) is 9.59 Å². The first-order chi connectivity index (χ1) is 12.6. The average molecular weight is 364 g/mol. The van der Waals surface area contributed by atoms with Gasteiger partial charge in [-0.05, 0) is 18.6 Å². The third kappa shape index (κ3) is 4.25. The summed E-state index contributed by atoms with van der Waals surface area (Å²) in [4.78, 5) is 26.2. The van der Waals surface area contributed by atoms with Crippen molar-refractivity contribution in [3.8, 4) is 11.5 Å². The number of benzene rings is 1. The van der Waals surface area contributed by atoms with Gasteiger partial charge in [0.05, 0.1) is 18.6 Å². The van der Waals surface area contributed by atoms with Gasteiger partial charge in [0.1, 0.15) is 13.2 Å². The number of amides is 2. The first-order valence-electron chi connectivity index (χ1n) is 8.73. The standard InChI is InChI=1S/C18H24N2O6/c1-24-11-14(21)4-5-19-18(23)12-8-17(22)20(10-12)13-2-3-15-16(9-13)26-7-6-25-15/h2-3,9,12,14,21H,4-8,10-11H2,1H3,(H,19,23)/t12-,14+/m0/s1. The van der Waals surface area contributed by atoms with Crippen LogP contribution in [-0.4, -0.2) is 63.0 Å². The van der Waals surface area contributed by atoms with Gasteiger partial charge in [0.2, 0.25) is 11.8 Å². The highest BCUT2D eigenvalue weighted by molar-refractivity contribution is 6.00. The Morgan fingerprint density at radius 3 is 2.92 bits per heavy atom.